The molecule has 1 atom stereocenters. The number of nitrogens with zero attached hydrogens (tertiary/aromatic N) is 3. The van der Waals surface area contributed by atoms with Crippen molar-refractivity contribution in [3.8, 4) is 11.6 Å². The zero-order valence-electron chi connectivity index (χ0n) is 11.0. The van der Waals surface area contributed by atoms with Crippen LogP contribution in [0.2, 0.25) is 0 Å². The van der Waals surface area contributed by atoms with Crippen LogP contribution in [-0.2, 0) is 7.05 Å². The van der Waals surface area contributed by atoms with Crippen molar-refractivity contribution in [1.82, 2.24) is 14.8 Å². The summed E-state index contributed by atoms with van der Waals surface area (Å²) in [5, 5.41) is 13.7. The average molecular weight is 247 g/mol. The van der Waals surface area contributed by atoms with Crippen LogP contribution < -0.4 is 4.74 Å². The number of pyridine rings is 1. The molecule has 0 unspecified atom stereocenters. The van der Waals surface area contributed by atoms with Gasteiger partial charge in [0.1, 0.15) is 5.69 Å². The molecule has 2 rings (SSSR count). The summed E-state index contributed by atoms with van der Waals surface area (Å²) in [7, 11) is 1.87. The van der Waals surface area contributed by atoms with Crippen molar-refractivity contribution in [3.63, 3.8) is 0 Å². The van der Waals surface area contributed by atoms with E-state index in [0.29, 0.717) is 5.88 Å². The van der Waals surface area contributed by atoms with Gasteiger partial charge in [-0.3, -0.25) is 4.68 Å². The lowest BCUT2D eigenvalue weighted by Crippen LogP contribution is -1.95. The summed E-state index contributed by atoms with van der Waals surface area (Å²) in [5.74, 6) is 1.23. The fourth-order valence-electron chi connectivity index (χ4n) is 1.71. The number of aliphatic hydroxyl groups is 1. The van der Waals surface area contributed by atoms with E-state index in [0.717, 1.165) is 22.7 Å². The molecular weight excluding hydrogens is 230 g/mol. The zero-order valence-corrected chi connectivity index (χ0v) is 11.0. The van der Waals surface area contributed by atoms with Gasteiger partial charge in [0.25, 0.3) is 0 Å². The van der Waals surface area contributed by atoms with Crippen LogP contribution in [0.3, 0.4) is 0 Å². The number of aliphatic hydroxyl groups excluding tert-OH is 1. The van der Waals surface area contributed by atoms with E-state index in [1.807, 2.05) is 20.9 Å². The lowest BCUT2D eigenvalue weighted by molar-refractivity contribution is 0.198. The fourth-order valence-corrected chi connectivity index (χ4v) is 1.71. The van der Waals surface area contributed by atoms with Crippen molar-refractivity contribution < 1.29 is 9.84 Å². The first-order valence-corrected chi connectivity index (χ1v) is 5.81. The summed E-state index contributed by atoms with van der Waals surface area (Å²) >= 11 is 0. The minimum Gasteiger partial charge on any atom is -0.435 e. The van der Waals surface area contributed by atoms with Gasteiger partial charge in [-0.05, 0) is 32.4 Å². The Morgan fingerprint density at radius 3 is 2.50 bits per heavy atom. The van der Waals surface area contributed by atoms with Crippen LogP contribution in [0.15, 0.2) is 18.3 Å². The number of hydrogen-bond donors (Lipinski definition) is 1. The Balaban J connectivity index is 2.23. The molecule has 0 amide bonds. The van der Waals surface area contributed by atoms with E-state index >= 15 is 0 Å². The molecule has 0 bridgehead atoms. The first-order valence-electron chi connectivity index (χ1n) is 5.81. The SMILES string of the molecule is Cc1nn(C)c(C)c1Oc1ccc([C@@H](C)O)cn1. The van der Waals surface area contributed by atoms with Crippen molar-refractivity contribution in [2.75, 3.05) is 0 Å². The summed E-state index contributed by atoms with van der Waals surface area (Å²) in [6, 6.07) is 3.54. The molecular formula is C13H17N3O2. The Labute approximate surface area is 106 Å². The molecule has 2 aromatic rings. The highest BCUT2D eigenvalue weighted by molar-refractivity contribution is 5.35. The predicted molar refractivity (Wildman–Crippen MR) is 67.6 cm³/mol. The second kappa shape index (κ2) is 4.78. The lowest BCUT2D eigenvalue weighted by Gasteiger charge is -2.07. The Kier molecular flexibility index (Phi) is 3.34. The first-order chi connectivity index (χ1) is 8.49. The van der Waals surface area contributed by atoms with Crippen LogP contribution in [-0.4, -0.2) is 19.9 Å². The molecule has 0 aliphatic rings. The third kappa shape index (κ3) is 2.36. The average Bonchev–Trinajstić information content (AvgIpc) is 2.57. The largest absolute Gasteiger partial charge is 0.435 e. The fraction of sp³-hybridized carbons (Fsp3) is 0.385. The second-order valence-electron chi connectivity index (χ2n) is 4.33. The Morgan fingerprint density at radius 1 is 1.33 bits per heavy atom. The van der Waals surface area contributed by atoms with Crippen LogP contribution in [0.4, 0.5) is 0 Å². The van der Waals surface area contributed by atoms with Crippen LogP contribution in [0, 0.1) is 13.8 Å². The molecule has 18 heavy (non-hydrogen) atoms. The first kappa shape index (κ1) is 12.6. The molecule has 0 fully saturated rings. The quantitative estimate of drug-likeness (QED) is 0.904. The second-order valence-corrected chi connectivity index (χ2v) is 4.33. The molecule has 5 heteroatoms. The minimum atomic E-state index is -0.520. The van der Waals surface area contributed by atoms with E-state index in [1.54, 1.807) is 29.9 Å². The molecule has 96 valence electrons. The highest BCUT2D eigenvalue weighted by Crippen LogP contribution is 2.27. The maximum atomic E-state index is 9.40. The van der Waals surface area contributed by atoms with Crippen molar-refractivity contribution in [2.45, 2.75) is 26.9 Å². The zero-order chi connectivity index (χ0) is 13.3. The van der Waals surface area contributed by atoms with E-state index < -0.39 is 6.10 Å². The van der Waals surface area contributed by atoms with Crippen LogP contribution >= 0.6 is 0 Å². The van der Waals surface area contributed by atoms with E-state index in [2.05, 4.69) is 10.1 Å². The van der Waals surface area contributed by atoms with Gasteiger partial charge in [-0.25, -0.2) is 4.98 Å². The number of aryl methyl sites for hydroxylation is 2. The van der Waals surface area contributed by atoms with Crippen molar-refractivity contribution >= 4 is 0 Å². The highest BCUT2D eigenvalue weighted by Gasteiger charge is 2.12. The van der Waals surface area contributed by atoms with Gasteiger partial charge in [0.2, 0.25) is 5.88 Å². The van der Waals surface area contributed by atoms with Gasteiger partial charge >= 0.3 is 0 Å². The maximum Gasteiger partial charge on any atom is 0.219 e. The molecule has 0 saturated heterocycles. The van der Waals surface area contributed by atoms with Crippen LogP contribution in [0.1, 0.15) is 30.0 Å². The highest BCUT2D eigenvalue weighted by atomic mass is 16.5. The molecule has 0 aliphatic heterocycles. The van der Waals surface area contributed by atoms with Gasteiger partial charge in [-0.15, -0.1) is 0 Å². The van der Waals surface area contributed by atoms with E-state index in [1.165, 1.54) is 0 Å². The summed E-state index contributed by atoms with van der Waals surface area (Å²) in [6.07, 6.45) is 1.09. The Morgan fingerprint density at radius 2 is 2.06 bits per heavy atom. The standard InChI is InChI=1S/C13H17N3O2/c1-8-13(9(2)16(4)15-8)18-12-6-5-11(7-14-12)10(3)17/h5-7,10,17H,1-4H3/t10-/m1/s1. The molecule has 0 aromatic carbocycles. The van der Waals surface area contributed by atoms with Gasteiger partial charge in [0.05, 0.1) is 11.8 Å². The summed E-state index contributed by atoms with van der Waals surface area (Å²) in [4.78, 5) is 4.17. The summed E-state index contributed by atoms with van der Waals surface area (Å²) in [5.41, 5.74) is 2.55. The molecule has 0 radical (unpaired) electrons. The van der Waals surface area contributed by atoms with Gasteiger partial charge in [-0.1, -0.05) is 0 Å². The van der Waals surface area contributed by atoms with E-state index in [9.17, 15) is 5.11 Å². The van der Waals surface area contributed by atoms with Crippen molar-refractivity contribution in [2.24, 2.45) is 7.05 Å². The van der Waals surface area contributed by atoms with Crippen molar-refractivity contribution in [1.29, 1.82) is 0 Å². The molecule has 2 aromatic heterocycles. The normalized spacial score (nSPS) is 12.5. The maximum absolute atomic E-state index is 9.40. The molecule has 1 N–H and O–H groups in total. The number of rotatable bonds is 3. The van der Waals surface area contributed by atoms with Crippen molar-refractivity contribution in [3.05, 3.63) is 35.3 Å². The van der Waals surface area contributed by atoms with Gasteiger partial charge in [0.15, 0.2) is 5.75 Å². The van der Waals surface area contributed by atoms with E-state index in [4.69, 9.17) is 4.74 Å². The summed E-state index contributed by atoms with van der Waals surface area (Å²) in [6.45, 7) is 5.54. The third-order valence-corrected chi connectivity index (χ3v) is 2.89. The third-order valence-electron chi connectivity index (χ3n) is 2.89. The topological polar surface area (TPSA) is 60.2 Å². The Bertz CT molecular complexity index is 544. The minimum absolute atomic E-state index is 0.499. The lowest BCUT2D eigenvalue weighted by atomic mass is 10.2. The number of aromatic nitrogens is 3. The number of ether oxygens (including phenoxy) is 1. The smallest absolute Gasteiger partial charge is 0.219 e. The summed E-state index contributed by atoms with van der Waals surface area (Å²) < 4.78 is 7.49. The number of hydrogen-bond acceptors (Lipinski definition) is 4. The molecule has 0 spiro atoms. The molecule has 5 nitrogen and oxygen atoms in total. The molecule has 0 saturated carbocycles. The van der Waals surface area contributed by atoms with Crippen LogP contribution in [0.25, 0.3) is 0 Å². The predicted octanol–water partition coefficient (Wildman–Crippen LogP) is 2.28. The van der Waals surface area contributed by atoms with E-state index in [-0.39, 0.29) is 0 Å². The monoisotopic (exact) mass is 247 g/mol. The van der Waals surface area contributed by atoms with Gasteiger partial charge in [-0.2, -0.15) is 5.10 Å². The van der Waals surface area contributed by atoms with Gasteiger partial charge < -0.3 is 9.84 Å². The Hall–Kier alpha value is -1.88. The van der Waals surface area contributed by atoms with Gasteiger partial charge in [0, 0.05) is 19.3 Å². The molecule has 2 heterocycles. The van der Waals surface area contributed by atoms with Crippen LogP contribution in [0.5, 0.6) is 11.6 Å². The molecule has 0 aliphatic carbocycles.